The first-order chi connectivity index (χ1) is 10.0. The molecular weight excluding hydrogens is 262 g/mol. The first kappa shape index (κ1) is 15.0. The van der Waals surface area contributed by atoms with Crippen LogP contribution < -0.4 is 0 Å². The average molecular weight is 281 g/mol. The van der Waals surface area contributed by atoms with E-state index in [-0.39, 0.29) is 0 Å². The molecule has 0 unspecified atom stereocenters. The molecule has 21 heavy (non-hydrogen) atoms. The molecule has 2 aromatic rings. The lowest BCUT2D eigenvalue weighted by atomic mass is 9.92. The van der Waals surface area contributed by atoms with Crippen molar-refractivity contribution in [1.82, 2.24) is 4.98 Å². The average Bonchev–Trinajstić information content (AvgIpc) is 2.83. The number of aryl methyl sites for hydroxylation is 1. The summed E-state index contributed by atoms with van der Waals surface area (Å²) in [6, 6.07) is 6.27. The second-order valence-corrected chi connectivity index (χ2v) is 5.14. The highest BCUT2D eigenvalue weighted by atomic mass is 16.5. The molecule has 0 saturated heterocycles. The van der Waals surface area contributed by atoms with Gasteiger partial charge in [0.05, 0.1) is 12.3 Å². The van der Waals surface area contributed by atoms with Gasteiger partial charge in [-0.25, -0.2) is 0 Å². The molecule has 0 aliphatic heterocycles. The summed E-state index contributed by atoms with van der Waals surface area (Å²) in [7, 11) is 1.61. The Morgan fingerprint density at radius 1 is 1.29 bits per heavy atom. The van der Waals surface area contributed by atoms with Crippen LogP contribution in [-0.2, 0) is 11.3 Å². The van der Waals surface area contributed by atoms with Crippen molar-refractivity contribution in [3.05, 3.63) is 45.8 Å². The lowest BCUT2D eigenvalue weighted by Crippen LogP contribution is -1.97. The number of ether oxygens (including phenoxy) is 1. The van der Waals surface area contributed by atoms with Crippen molar-refractivity contribution in [3.63, 3.8) is 0 Å². The fraction of sp³-hybridized carbons (Fsp3) is 0.294. The summed E-state index contributed by atoms with van der Waals surface area (Å²) in [5.74, 6) is 0. The Morgan fingerprint density at radius 3 is 2.57 bits per heavy atom. The summed E-state index contributed by atoms with van der Waals surface area (Å²) in [4.78, 5) is 3.01. The normalized spacial score (nSPS) is 10.4. The molecular formula is C17H19N3O. The lowest BCUT2D eigenvalue weighted by Gasteiger charge is -2.13. The monoisotopic (exact) mass is 281 g/mol. The van der Waals surface area contributed by atoms with Gasteiger partial charge in [-0.1, -0.05) is 12.1 Å². The number of nitriles is 1. The topological polar surface area (TPSA) is 72.7 Å². The highest BCUT2D eigenvalue weighted by Crippen LogP contribution is 2.34. The fourth-order valence-electron chi connectivity index (χ4n) is 2.59. The van der Waals surface area contributed by atoms with E-state index in [0.29, 0.717) is 18.0 Å². The molecule has 1 aromatic heterocycles. The maximum atomic E-state index is 9.28. The Bertz CT molecular complexity index is 735. The van der Waals surface area contributed by atoms with Crippen molar-refractivity contribution in [1.29, 1.82) is 10.7 Å². The summed E-state index contributed by atoms with van der Waals surface area (Å²) >= 11 is 0. The van der Waals surface area contributed by atoms with Crippen LogP contribution in [-0.4, -0.2) is 18.3 Å². The number of rotatable bonds is 4. The number of methoxy groups -OCH3 is 1. The van der Waals surface area contributed by atoms with Crippen LogP contribution in [0.1, 0.15) is 33.6 Å². The number of nitrogens with one attached hydrogen (secondary N) is 2. The van der Waals surface area contributed by atoms with Crippen LogP contribution in [0.3, 0.4) is 0 Å². The molecule has 0 bridgehead atoms. The smallest absolute Gasteiger partial charge is 0.124 e. The number of hydrogen-bond acceptors (Lipinski definition) is 3. The molecule has 4 nitrogen and oxygen atoms in total. The van der Waals surface area contributed by atoms with Gasteiger partial charge in [0.25, 0.3) is 0 Å². The van der Waals surface area contributed by atoms with Gasteiger partial charge in [-0.05, 0) is 43.0 Å². The molecule has 4 heteroatoms. The standard InChI is InChI=1S/C17H19N3O/c1-10-5-6-13(12(3)11(10)2)17-14(9-21-4)15(7-18)20-16(17)8-19/h5-6,8,19-20H,9H2,1-4H3. The Kier molecular flexibility index (Phi) is 4.25. The van der Waals surface area contributed by atoms with Gasteiger partial charge in [-0.15, -0.1) is 0 Å². The zero-order valence-corrected chi connectivity index (χ0v) is 12.8. The molecule has 1 aromatic carbocycles. The molecule has 0 saturated carbocycles. The molecule has 0 aliphatic rings. The first-order valence-electron chi connectivity index (χ1n) is 6.76. The van der Waals surface area contributed by atoms with Gasteiger partial charge in [0.1, 0.15) is 11.8 Å². The van der Waals surface area contributed by atoms with Crippen LogP contribution in [0.4, 0.5) is 0 Å². The van der Waals surface area contributed by atoms with Crippen LogP contribution in [0.15, 0.2) is 12.1 Å². The Morgan fingerprint density at radius 2 is 2.00 bits per heavy atom. The highest BCUT2D eigenvalue weighted by Gasteiger charge is 2.19. The van der Waals surface area contributed by atoms with Crippen LogP contribution in [0, 0.1) is 37.5 Å². The van der Waals surface area contributed by atoms with Crippen LogP contribution in [0.5, 0.6) is 0 Å². The SMILES string of the molecule is COCc1c(C#N)[nH]c(C=N)c1-c1ccc(C)c(C)c1C. The van der Waals surface area contributed by atoms with Crippen LogP contribution in [0.25, 0.3) is 11.1 Å². The number of H-pyrrole nitrogens is 1. The second kappa shape index (κ2) is 5.94. The van der Waals surface area contributed by atoms with E-state index >= 15 is 0 Å². The van der Waals surface area contributed by atoms with Crippen molar-refractivity contribution in [2.75, 3.05) is 7.11 Å². The summed E-state index contributed by atoms with van der Waals surface area (Å²) in [5.41, 5.74) is 7.48. The van der Waals surface area contributed by atoms with Gasteiger partial charge in [0.15, 0.2) is 0 Å². The molecule has 0 amide bonds. The number of aromatic nitrogens is 1. The lowest BCUT2D eigenvalue weighted by molar-refractivity contribution is 0.185. The Balaban J connectivity index is 2.79. The van der Waals surface area contributed by atoms with Gasteiger partial charge in [0, 0.05) is 24.5 Å². The zero-order valence-electron chi connectivity index (χ0n) is 12.8. The summed E-state index contributed by atoms with van der Waals surface area (Å²) in [6.45, 7) is 6.58. The van der Waals surface area contributed by atoms with E-state index in [1.807, 2.05) is 6.07 Å². The first-order valence-corrected chi connectivity index (χ1v) is 6.76. The van der Waals surface area contributed by atoms with Crippen molar-refractivity contribution < 1.29 is 4.74 Å². The third kappa shape index (κ3) is 2.48. The zero-order chi connectivity index (χ0) is 15.6. The quantitative estimate of drug-likeness (QED) is 0.840. The largest absolute Gasteiger partial charge is 0.380 e. The number of benzene rings is 1. The van der Waals surface area contributed by atoms with Gasteiger partial charge in [-0.2, -0.15) is 5.26 Å². The van der Waals surface area contributed by atoms with E-state index in [0.717, 1.165) is 16.7 Å². The van der Waals surface area contributed by atoms with Gasteiger partial charge in [0.2, 0.25) is 0 Å². The van der Waals surface area contributed by atoms with E-state index in [9.17, 15) is 5.26 Å². The van der Waals surface area contributed by atoms with Crippen LogP contribution in [0.2, 0.25) is 0 Å². The van der Waals surface area contributed by atoms with E-state index in [2.05, 4.69) is 37.9 Å². The molecule has 0 fully saturated rings. The molecule has 0 atom stereocenters. The van der Waals surface area contributed by atoms with Crippen molar-refractivity contribution in [2.24, 2.45) is 0 Å². The Labute approximate surface area is 124 Å². The maximum absolute atomic E-state index is 9.28. The van der Waals surface area contributed by atoms with E-state index < -0.39 is 0 Å². The minimum absolute atomic E-state index is 0.342. The van der Waals surface area contributed by atoms with E-state index in [4.69, 9.17) is 10.1 Å². The minimum Gasteiger partial charge on any atom is -0.380 e. The molecule has 2 N–H and O–H groups in total. The predicted octanol–water partition coefficient (Wildman–Crippen LogP) is 3.62. The van der Waals surface area contributed by atoms with Crippen molar-refractivity contribution in [3.8, 4) is 17.2 Å². The molecule has 2 rings (SSSR count). The minimum atomic E-state index is 0.342. The highest BCUT2D eigenvalue weighted by molar-refractivity contribution is 5.91. The van der Waals surface area contributed by atoms with Crippen molar-refractivity contribution in [2.45, 2.75) is 27.4 Å². The summed E-state index contributed by atoms with van der Waals surface area (Å²) in [6.07, 6.45) is 1.25. The second-order valence-electron chi connectivity index (χ2n) is 5.14. The van der Waals surface area contributed by atoms with E-state index in [1.165, 1.54) is 22.9 Å². The molecule has 0 spiro atoms. The summed E-state index contributed by atoms with van der Waals surface area (Å²) < 4.78 is 5.24. The van der Waals surface area contributed by atoms with Gasteiger partial charge < -0.3 is 15.1 Å². The number of hydrogen-bond donors (Lipinski definition) is 2. The molecule has 108 valence electrons. The molecule has 1 heterocycles. The molecule has 0 aliphatic carbocycles. The van der Waals surface area contributed by atoms with Crippen LogP contribution >= 0.6 is 0 Å². The maximum Gasteiger partial charge on any atom is 0.124 e. The molecule has 0 radical (unpaired) electrons. The number of nitrogens with zero attached hydrogens (tertiary/aromatic N) is 1. The van der Waals surface area contributed by atoms with Crippen molar-refractivity contribution >= 4 is 6.21 Å². The summed E-state index contributed by atoms with van der Waals surface area (Å²) in [5, 5.41) is 16.9. The van der Waals surface area contributed by atoms with Gasteiger partial charge >= 0.3 is 0 Å². The Hall–Kier alpha value is -2.38. The third-order valence-corrected chi connectivity index (χ3v) is 4.00. The van der Waals surface area contributed by atoms with E-state index in [1.54, 1.807) is 7.11 Å². The third-order valence-electron chi connectivity index (χ3n) is 4.00. The number of aromatic amines is 1. The fourth-order valence-corrected chi connectivity index (χ4v) is 2.59. The van der Waals surface area contributed by atoms with Gasteiger partial charge in [-0.3, -0.25) is 0 Å². The predicted molar refractivity (Wildman–Crippen MR) is 83.8 cm³/mol.